The Morgan fingerprint density at radius 2 is 2.11 bits per heavy atom. The summed E-state index contributed by atoms with van der Waals surface area (Å²) in [6.07, 6.45) is 0. The molecule has 0 saturated carbocycles. The van der Waals surface area contributed by atoms with Crippen LogP contribution in [0.3, 0.4) is 0 Å². The van der Waals surface area contributed by atoms with Crippen LogP contribution < -0.4 is 11.5 Å². The highest BCUT2D eigenvalue weighted by Crippen LogP contribution is 2.13. The zero-order valence-electron chi connectivity index (χ0n) is 4.69. The van der Waals surface area contributed by atoms with Gasteiger partial charge >= 0.3 is 0 Å². The van der Waals surface area contributed by atoms with Crippen molar-refractivity contribution < 1.29 is 4.39 Å². The van der Waals surface area contributed by atoms with Crippen LogP contribution in [-0.4, -0.2) is 0 Å². The molecular formula is C6H6FN2. The molecule has 0 atom stereocenters. The monoisotopic (exact) mass is 125 g/mol. The van der Waals surface area contributed by atoms with Crippen molar-refractivity contribution in [3.05, 3.63) is 24.0 Å². The molecule has 0 spiro atoms. The second kappa shape index (κ2) is 1.93. The smallest absolute Gasteiger partial charge is 0.146 e. The second-order valence-electron chi connectivity index (χ2n) is 1.74. The van der Waals surface area contributed by atoms with Crippen LogP contribution in [-0.2, 0) is 0 Å². The molecule has 3 heteroatoms. The van der Waals surface area contributed by atoms with Crippen LogP contribution in [0.4, 0.5) is 15.8 Å². The summed E-state index contributed by atoms with van der Waals surface area (Å²) in [4.78, 5) is 0. The van der Waals surface area contributed by atoms with Gasteiger partial charge in [-0.05, 0) is 18.2 Å². The molecular weight excluding hydrogens is 119 g/mol. The number of anilines is 1. The van der Waals surface area contributed by atoms with Gasteiger partial charge in [0.05, 0.1) is 11.4 Å². The molecule has 1 aromatic carbocycles. The largest absolute Gasteiger partial charge is 0.396 e. The van der Waals surface area contributed by atoms with Crippen molar-refractivity contribution >= 4 is 11.4 Å². The zero-order valence-corrected chi connectivity index (χ0v) is 4.69. The number of nitrogens with two attached hydrogens (primary N) is 1. The van der Waals surface area contributed by atoms with E-state index in [-0.39, 0.29) is 11.4 Å². The summed E-state index contributed by atoms with van der Waals surface area (Å²) in [6.45, 7) is 0. The van der Waals surface area contributed by atoms with Crippen LogP contribution in [0.2, 0.25) is 0 Å². The van der Waals surface area contributed by atoms with Gasteiger partial charge in [-0.3, -0.25) is 0 Å². The van der Waals surface area contributed by atoms with E-state index in [1.165, 1.54) is 18.2 Å². The molecule has 1 aromatic rings. The highest BCUT2D eigenvalue weighted by Gasteiger charge is 1.94. The van der Waals surface area contributed by atoms with E-state index >= 15 is 0 Å². The zero-order chi connectivity index (χ0) is 6.85. The van der Waals surface area contributed by atoms with Crippen LogP contribution in [0.25, 0.3) is 0 Å². The van der Waals surface area contributed by atoms with Gasteiger partial charge in [-0.2, -0.15) is 0 Å². The minimum absolute atomic E-state index is 0.0301. The number of hydrogen-bond acceptors (Lipinski definition) is 1. The molecule has 1 radical (unpaired) electrons. The fourth-order valence-corrected chi connectivity index (χ4v) is 0.544. The van der Waals surface area contributed by atoms with Gasteiger partial charge in [0.1, 0.15) is 5.82 Å². The topological polar surface area (TPSA) is 49.8 Å². The van der Waals surface area contributed by atoms with E-state index in [4.69, 9.17) is 11.5 Å². The van der Waals surface area contributed by atoms with Gasteiger partial charge in [0, 0.05) is 0 Å². The Kier molecular flexibility index (Phi) is 1.26. The number of nitrogens with one attached hydrogen (secondary N) is 1. The second-order valence-corrected chi connectivity index (χ2v) is 1.74. The van der Waals surface area contributed by atoms with E-state index in [0.717, 1.165) is 0 Å². The van der Waals surface area contributed by atoms with E-state index in [9.17, 15) is 4.39 Å². The van der Waals surface area contributed by atoms with E-state index in [1.807, 2.05) is 0 Å². The Balaban J connectivity index is 3.17. The van der Waals surface area contributed by atoms with Gasteiger partial charge in [-0.25, -0.2) is 4.39 Å². The summed E-state index contributed by atoms with van der Waals surface area (Å²) < 4.78 is 12.3. The van der Waals surface area contributed by atoms with E-state index in [1.54, 1.807) is 0 Å². The highest BCUT2D eigenvalue weighted by molar-refractivity contribution is 5.49. The molecule has 1 rings (SSSR count). The van der Waals surface area contributed by atoms with Crippen molar-refractivity contribution in [2.45, 2.75) is 0 Å². The SMILES string of the molecule is [NH]c1ccc(F)c(N)c1. The van der Waals surface area contributed by atoms with Gasteiger partial charge in [0.25, 0.3) is 0 Å². The Morgan fingerprint density at radius 1 is 1.44 bits per heavy atom. The van der Waals surface area contributed by atoms with Crippen molar-refractivity contribution in [1.82, 2.24) is 5.73 Å². The standard InChI is InChI=1S/C6H6FN2/c7-5-2-1-4(8)3-6(5)9/h1-3,8H,9H2. The first-order chi connectivity index (χ1) is 4.20. The van der Waals surface area contributed by atoms with Gasteiger partial charge in [0.15, 0.2) is 0 Å². The number of benzene rings is 1. The summed E-state index contributed by atoms with van der Waals surface area (Å²) in [5.41, 5.74) is 12.4. The lowest BCUT2D eigenvalue weighted by atomic mass is 10.3. The average molecular weight is 125 g/mol. The molecule has 2 nitrogen and oxygen atoms in total. The maximum absolute atomic E-state index is 12.3. The summed E-state index contributed by atoms with van der Waals surface area (Å²) in [5, 5.41) is 0. The Morgan fingerprint density at radius 3 is 2.56 bits per heavy atom. The lowest BCUT2D eigenvalue weighted by Gasteiger charge is -1.94. The molecule has 0 aromatic heterocycles. The third kappa shape index (κ3) is 1.10. The van der Waals surface area contributed by atoms with Crippen LogP contribution in [0.15, 0.2) is 18.2 Å². The highest BCUT2D eigenvalue weighted by atomic mass is 19.1. The molecule has 0 aliphatic heterocycles. The minimum atomic E-state index is -0.467. The van der Waals surface area contributed by atoms with E-state index in [0.29, 0.717) is 0 Å². The van der Waals surface area contributed by atoms with Crippen molar-refractivity contribution in [3.8, 4) is 0 Å². The number of hydrogen-bond donors (Lipinski definition) is 1. The lowest BCUT2D eigenvalue weighted by Crippen LogP contribution is -1.88. The van der Waals surface area contributed by atoms with Gasteiger partial charge in [-0.1, -0.05) is 0 Å². The fourth-order valence-electron chi connectivity index (χ4n) is 0.544. The van der Waals surface area contributed by atoms with Gasteiger partial charge < -0.3 is 11.5 Å². The van der Waals surface area contributed by atoms with Crippen molar-refractivity contribution in [2.24, 2.45) is 0 Å². The Hall–Kier alpha value is -1.25. The Bertz CT molecular complexity index is 222. The summed E-state index contributed by atoms with van der Waals surface area (Å²) in [6, 6.07) is 3.80. The molecule has 0 aliphatic carbocycles. The normalized spacial score (nSPS) is 9.44. The van der Waals surface area contributed by atoms with Crippen molar-refractivity contribution in [2.75, 3.05) is 5.73 Å². The quantitative estimate of drug-likeness (QED) is 0.522. The minimum Gasteiger partial charge on any atom is -0.396 e. The average Bonchev–Trinajstić information content (AvgIpc) is 1.80. The predicted molar refractivity (Wildman–Crippen MR) is 33.6 cm³/mol. The molecule has 0 saturated heterocycles. The maximum Gasteiger partial charge on any atom is 0.146 e. The van der Waals surface area contributed by atoms with Crippen LogP contribution in [0, 0.1) is 5.82 Å². The Labute approximate surface area is 52.3 Å². The van der Waals surface area contributed by atoms with Crippen molar-refractivity contribution in [1.29, 1.82) is 0 Å². The molecule has 0 fully saturated rings. The summed E-state index contributed by atoms with van der Waals surface area (Å²) in [7, 11) is 0. The van der Waals surface area contributed by atoms with E-state index < -0.39 is 5.82 Å². The molecule has 9 heavy (non-hydrogen) atoms. The third-order valence-electron chi connectivity index (χ3n) is 0.996. The molecule has 3 N–H and O–H groups in total. The molecule has 0 aliphatic rings. The lowest BCUT2D eigenvalue weighted by molar-refractivity contribution is 0.632. The predicted octanol–water partition coefficient (Wildman–Crippen LogP) is 1.32. The molecule has 0 amide bonds. The first-order valence-corrected chi connectivity index (χ1v) is 2.47. The molecule has 0 unspecified atom stereocenters. The number of halogens is 1. The molecule has 47 valence electrons. The van der Waals surface area contributed by atoms with Crippen LogP contribution in [0.5, 0.6) is 0 Å². The van der Waals surface area contributed by atoms with Gasteiger partial charge in [0.2, 0.25) is 0 Å². The first kappa shape index (κ1) is 5.88. The van der Waals surface area contributed by atoms with Gasteiger partial charge in [-0.15, -0.1) is 0 Å². The van der Waals surface area contributed by atoms with Crippen LogP contribution >= 0.6 is 0 Å². The number of rotatable bonds is 0. The molecule has 0 heterocycles. The third-order valence-corrected chi connectivity index (χ3v) is 0.996. The number of nitrogen functional groups attached to an aromatic ring is 1. The maximum atomic E-state index is 12.3. The van der Waals surface area contributed by atoms with Crippen LogP contribution in [0.1, 0.15) is 0 Å². The molecule has 0 bridgehead atoms. The van der Waals surface area contributed by atoms with E-state index in [2.05, 4.69) is 0 Å². The van der Waals surface area contributed by atoms with Crippen molar-refractivity contribution in [3.63, 3.8) is 0 Å². The fraction of sp³-hybridized carbons (Fsp3) is 0. The summed E-state index contributed by atoms with van der Waals surface area (Å²) in [5.74, 6) is -0.467. The summed E-state index contributed by atoms with van der Waals surface area (Å²) >= 11 is 0. The first-order valence-electron chi connectivity index (χ1n) is 2.47.